The highest BCUT2D eigenvalue weighted by molar-refractivity contribution is 5.99. The first-order valence-corrected chi connectivity index (χ1v) is 8.40. The van der Waals surface area contributed by atoms with E-state index in [1.54, 1.807) is 25.1 Å². The molecule has 2 aromatic rings. The predicted octanol–water partition coefficient (Wildman–Crippen LogP) is 3.59. The molecule has 5 heteroatoms. The normalized spacial score (nSPS) is 15.8. The molecule has 1 unspecified atom stereocenters. The number of ether oxygens (including phenoxy) is 1. The van der Waals surface area contributed by atoms with Crippen molar-refractivity contribution >= 4 is 23.2 Å². The third-order valence-electron chi connectivity index (χ3n) is 4.31. The smallest absolute Gasteiger partial charge is 0.265 e. The summed E-state index contributed by atoms with van der Waals surface area (Å²) in [6, 6.07) is 11.5. The van der Waals surface area contributed by atoms with Gasteiger partial charge in [-0.05, 0) is 56.5 Å². The predicted molar refractivity (Wildman–Crippen MR) is 98.0 cm³/mol. The minimum absolute atomic E-state index is 0.0589. The summed E-state index contributed by atoms with van der Waals surface area (Å²) < 4.78 is 5.51. The van der Waals surface area contributed by atoms with E-state index in [1.807, 2.05) is 0 Å². The highest BCUT2D eigenvalue weighted by atomic mass is 16.5. The van der Waals surface area contributed by atoms with Gasteiger partial charge >= 0.3 is 0 Å². The Kier molecular flexibility index (Phi) is 4.74. The first kappa shape index (κ1) is 17.0. The lowest BCUT2D eigenvalue weighted by atomic mass is 10.0. The summed E-state index contributed by atoms with van der Waals surface area (Å²) in [7, 11) is 0. The molecule has 2 aromatic carbocycles. The summed E-state index contributed by atoms with van der Waals surface area (Å²) >= 11 is 0. The monoisotopic (exact) mass is 338 g/mol. The molecule has 0 bridgehead atoms. The van der Waals surface area contributed by atoms with Crippen molar-refractivity contribution in [3.8, 4) is 5.75 Å². The summed E-state index contributed by atoms with van der Waals surface area (Å²) in [4.78, 5) is 23.9. The van der Waals surface area contributed by atoms with Gasteiger partial charge in [0.05, 0.1) is 5.69 Å². The zero-order valence-electron chi connectivity index (χ0n) is 14.7. The van der Waals surface area contributed by atoms with E-state index in [4.69, 9.17) is 4.74 Å². The SMILES string of the molecule is Cc1ccc(CCC(=O)Nc2ccc3c(c2)NC(=O)C(C)O3)c(C)c1. The number of hydrogen-bond donors (Lipinski definition) is 2. The van der Waals surface area contributed by atoms with Crippen molar-refractivity contribution in [2.45, 2.75) is 39.7 Å². The Labute approximate surface area is 147 Å². The van der Waals surface area contributed by atoms with Crippen LogP contribution in [0.2, 0.25) is 0 Å². The molecular formula is C20H22N2O3. The summed E-state index contributed by atoms with van der Waals surface area (Å²) in [5.74, 6) is 0.363. The highest BCUT2D eigenvalue weighted by Crippen LogP contribution is 2.32. The van der Waals surface area contributed by atoms with Crippen LogP contribution < -0.4 is 15.4 Å². The molecule has 130 valence electrons. The molecule has 0 aliphatic carbocycles. The number of carbonyl (C=O) groups excluding carboxylic acids is 2. The van der Waals surface area contributed by atoms with Gasteiger partial charge in [0, 0.05) is 12.1 Å². The largest absolute Gasteiger partial charge is 0.479 e. The second-order valence-corrected chi connectivity index (χ2v) is 6.44. The number of aryl methyl sites for hydroxylation is 3. The fourth-order valence-electron chi connectivity index (χ4n) is 2.88. The molecule has 0 spiro atoms. The van der Waals surface area contributed by atoms with Crippen molar-refractivity contribution < 1.29 is 14.3 Å². The van der Waals surface area contributed by atoms with Gasteiger partial charge in [-0.3, -0.25) is 9.59 Å². The van der Waals surface area contributed by atoms with Gasteiger partial charge in [0.1, 0.15) is 5.75 Å². The maximum absolute atomic E-state index is 12.2. The van der Waals surface area contributed by atoms with Gasteiger partial charge in [0.15, 0.2) is 6.10 Å². The van der Waals surface area contributed by atoms with Crippen LogP contribution in [0, 0.1) is 13.8 Å². The Morgan fingerprint density at radius 3 is 2.76 bits per heavy atom. The first-order chi connectivity index (χ1) is 11.9. The van der Waals surface area contributed by atoms with Crippen LogP contribution in [0.5, 0.6) is 5.75 Å². The highest BCUT2D eigenvalue weighted by Gasteiger charge is 2.23. The standard InChI is InChI=1S/C20H22N2O3/c1-12-4-5-15(13(2)10-12)6-9-19(23)21-16-7-8-18-17(11-16)22-20(24)14(3)25-18/h4-5,7-8,10-11,14H,6,9H2,1-3H3,(H,21,23)(H,22,24). The molecule has 0 aromatic heterocycles. The Bertz CT molecular complexity index is 830. The number of anilines is 2. The second kappa shape index (κ2) is 6.97. The summed E-state index contributed by atoms with van der Waals surface area (Å²) in [5.41, 5.74) is 4.83. The number of amides is 2. The van der Waals surface area contributed by atoms with Crippen LogP contribution in [0.4, 0.5) is 11.4 Å². The van der Waals surface area contributed by atoms with Crippen LogP contribution in [0.15, 0.2) is 36.4 Å². The lowest BCUT2D eigenvalue weighted by Crippen LogP contribution is -2.34. The van der Waals surface area contributed by atoms with Crippen molar-refractivity contribution in [2.75, 3.05) is 10.6 Å². The van der Waals surface area contributed by atoms with E-state index in [0.29, 0.717) is 30.0 Å². The van der Waals surface area contributed by atoms with Crippen molar-refractivity contribution in [1.82, 2.24) is 0 Å². The van der Waals surface area contributed by atoms with Crippen LogP contribution in [-0.4, -0.2) is 17.9 Å². The van der Waals surface area contributed by atoms with Crippen LogP contribution in [-0.2, 0) is 16.0 Å². The Balaban J connectivity index is 1.61. The minimum Gasteiger partial charge on any atom is -0.479 e. The first-order valence-electron chi connectivity index (χ1n) is 8.40. The second-order valence-electron chi connectivity index (χ2n) is 6.44. The van der Waals surface area contributed by atoms with Gasteiger partial charge < -0.3 is 15.4 Å². The van der Waals surface area contributed by atoms with Gasteiger partial charge in [0.25, 0.3) is 5.91 Å². The third kappa shape index (κ3) is 3.99. The van der Waals surface area contributed by atoms with Crippen molar-refractivity contribution in [2.24, 2.45) is 0 Å². The minimum atomic E-state index is -0.509. The number of fused-ring (bicyclic) bond motifs is 1. The van der Waals surface area contributed by atoms with Crippen LogP contribution in [0.25, 0.3) is 0 Å². The maximum Gasteiger partial charge on any atom is 0.265 e. The molecule has 0 fully saturated rings. The van der Waals surface area contributed by atoms with Gasteiger partial charge in [-0.25, -0.2) is 0 Å². The van der Waals surface area contributed by atoms with Gasteiger partial charge in [0.2, 0.25) is 5.91 Å². The van der Waals surface area contributed by atoms with E-state index in [1.165, 1.54) is 16.7 Å². The quantitative estimate of drug-likeness (QED) is 0.895. The molecular weight excluding hydrogens is 316 g/mol. The molecule has 1 aliphatic heterocycles. The van der Waals surface area contributed by atoms with E-state index in [-0.39, 0.29) is 11.8 Å². The average molecular weight is 338 g/mol. The molecule has 0 saturated heterocycles. The van der Waals surface area contributed by atoms with E-state index < -0.39 is 6.10 Å². The van der Waals surface area contributed by atoms with E-state index in [0.717, 1.165) is 0 Å². The number of hydrogen-bond acceptors (Lipinski definition) is 3. The molecule has 3 rings (SSSR count). The maximum atomic E-state index is 12.2. The molecule has 2 amide bonds. The molecule has 25 heavy (non-hydrogen) atoms. The number of carbonyl (C=O) groups is 2. The molecule has 1 aliphatic rings. The summed E-state index contributed by atoms with van der Waals surface area (Å²) in [5, 5.41) is 5.65. The van der Waals surface area contributed by atoms with E-state index in [9.17, 15) is 9.59 Å². The van der Waals surface area contributed by atoms with Crippen molar-refractivity contribution in [3.63, 3.8) is 0 Å². The fraction of sp³-hybridized carbons (Fsp3) is 0.300. The van der Waals surface area contributed by atoms with Gasteiger partial charge in [-0.1, -0.05) is 23.8 Å². The van der Waals surface area contributed by atoms with Crippen molar-refractivity contribution in [3.05, 3.63) is 53.1 Å². The fourth-order valence-corrected chi connectivity index (χ4v) is 2.88. The number of nitrogens with one attached hydrogen (secondary N) is 2. The Morgan fingerprint density at radius 1 is 1.20 bits per heavy atom. The lowest BCUT2D eigenvalue weighted by Gasteiger charge is -2.23. The topological polar surface area (TPSA) is 67.4 Å². The number of benzene rings is 2. The average Bonchev–Trinajstić information content (AvgIpc) is 2.55. The summed E-state index contributed by atoms with van der Waals surface area (Å²) in [6.45, 7) is 5.82. The van der Waals surface area contributed by atoms with E-state index in [2.05, 4.69) is 42.7 Å². The van der Waals surface area contributed by atoms with Crippen molar-refractivity contribution in [1.29, 1.82) is 0 Å². The van der Waals surface area contributed by atoms with Gasteiger partial charge in [-0.15, -0.1) is 0 Å². The molecule has 0 radical (unpaired) electrons. The zero-order valence-corrected chi connectivity index (χ0v) is 14.7. The Morgan fingerprint density at radius 2 is 2.00 bits per heavy atom. The number of rotatable bonds is 4. The molecule has 5 nitrogen and oxygen atoms in total. The summed E-state index contributed by atoms with van der Waals surface area (Å²) in [6.07, 6.45) is 0.590. The third-order valence-corrected chi connectivity index (χ3v) is 4.31. The van der Waals surface area contributed by atoms with Crippen LogP contribution in [0.3, 0.4) is 0 Å². The van der Waals surface area contributed by atoms with Crippen LogP contribution >= 0.6 is 0 Å². The molecule has 2 N–H and O–H groups in total. The van der Waals surface area contributed by atoms with Crippen LogP contribution in [0.1, 0.15) is 30.0 Å². The zero-order chi connectivity index (χ0) is 18.0. The Hall–Kier alpha value is -2.82. The van der Waals surface area contributed by atoms with Gasteiger partial charge in [-0.2, -0.15) is 0 Å². The molecule has 0 saturated carbocycles. The molecule has 1 heterocycles. The lowest BCUT2D eigenvalue weighted by molar-refractivity contribution is -0.122. The molecule has 1 atom stereocenters. The van der Waals surface area contributed by atoms with E-state index >= 15 is 0 Å².